The van der Waals surface area contributed by atoms with E-state index in [2.05, 4.69) is 21.1 Å². The summed E-state index contributed by atoms with van der Waals surface area (Å²) in [6, 6.07) is 13.4. The SMILES string of the molecule is C#CCNC(=O)CCCCCC1(C)C(=CC=CC=CC2=[N+](CCCCC(=O)NCC(C)S(=O)(=O)O)c3ccc4c(C)cc(S(=O)(=O)O)cc4c3C2(C)C)N(CCCS(=O)(=O)O)c2ccc3c(S(=O)(=O)O)cc(C)cc3c21. The molecule has 2 unspecified atom stereocenters. The minimum Gasteiger partial charge on any atom is -0.355 e. The topological polar surface area (TPSA) is 282 Å². The minimum atomic E-state index is -4.67. The van der Waals surface area contributed by atoms with E-state index in [1.807, 2.05) is 74.3 Å². The number of hydrogen-bond acceptors (Lipinski definition) is 11. The van der Waals surface area contributed by atoms with Crippen LogP contribution < -0.4 is 15.5 Å². The predicted molar refractivity (Wildman–Crippen MR) is 295 cm³/mol. The van der Waals surface area contributed by atoms with Gasteiger partial charge in [-0.15, -0.1) is 6.42 Å². The monoisotopic (exact) mass is 1120 g/mol. The van der Waals surface area contributed by atoms with Crippen LogP contribution in [0.25, 0.3) is 21.5 Å². The average molecular weight is 1120 g/mol. The highest BCUT2D eigenvalue weighted by Gasteiger charge is 2.47. The average Bonchev–Trinajstić information content (AvgIpc) is 3.70. The Kier molecular flexibility index (Phi) is 18.4. The summed E-state index contributed by atoms with van der Waals surface area (Å²) < 4.78 is 139. The van der Waals surface area contributed by atoms with Crippen molar-refractivity contribution in [1.29, 1.82) is 0 Å². The van der Waals surface area contributed by atoms with Crippen molar-refractivity contribution in [3.63, 3.8) is 0 Å². The number of fused-ring (bicyclic) bond motifs is 6. The minimum absolute atomic E-state index is 0.0336. The molecule has 76 heavy (non-hydrogen) atoms. The third-order valence-electron chi connectivity index (χ3n) is 14.2. The molecule has 0 saturated carbocycles. The summed E-state index contributed by atoms with van der Waals surface area (Å²) in [7, 11) is -17.9. The molecule has 0 aromatic heterocycles. The van der Waals surface area contributed by atoms with E-state index in [4.69, 9.17) is 6.42 Å². The van der Waals surface area contributed by atoms with Crippen LogP contribution in [0.15, 0.2) is 94.4 Å². The van der Waals surface area contributed by atoms with Gasteiger partial charge in [0.1, 0.15) is 16.7 Å². The summed E-state index contributed by atoms with van der Waals surface area (Å²) >= 11 is 0. The predicted octanol–water partition coefficient (Wildman–Crippen LogP) is 7.79. The molecule has 2 heterocycles. The molecule has 22 heteroatoms. The van der Waals surface area contributed by atoms with Crippen LogP contribution >= 0.6 is 0 Å². The maximum atomic E-state index is 12.8. The van der Waals surface area contributed by atoms with Crippen molar-refractivity contribution >= 4 is 90.9 Å². The fourth-order valence-corrected chi connectivity index (χ4v) is 12.7. The van der Waals surface area contributed by atoms with Crippen LogP contribution in [-0.2, 0) is 60.9 Å². The molecule has 2 atom stereocenters. The largest absolute Gasteiger partial charge is 0.355 e. The van der Waals surface area contributed by atoms with Crippen molar-refractivity contribution in [3.8, 4) is 12.3 Å². The van der Waals surface area contributed by atoms with E-state index in [0.717, 1.165) is 33.6 Å². The summed E-state index contributed by atoms with van der Waals surface area (Å²) in [5.74, 6) is 1.31. The number of nitrogens with zero attached hydrogens (tertiary/aromatic N) is 2. The lowest BCUT2D eigenvalue weighted by Gasteiger charge is -2.31. The number of benzene rings is 4. The van der Waals surface area contributed by atoms with Crippen LogP contribution in [-0.4, -0.2) is 111 Å². The normalized spacial score (nSPS) is 17.8. The third kappa shape index (κ3) is 13.7. The van der Waals surface area contributed by atoms with Gasteiger partial charge in [-0.25, -0.2) is 0 Å². The van der Waals surface area contributed by atoms with Crippen molar-refractivity contribution in [2.24, 2.45) is 0 Å². The molecule has 0 radical (unpaired) electrons. The number of anilines is 1. The Hall–Kier alpha value is -5.77. The maximum absolute atomic E-state index is 12.8. The van der Waals surface area contributed by atoms with Gasteiger partial charge in [0.15, 0.2) is 5.71 Å². The Morgan fingerprint density at radius 2 is 1.41 bits per heavy atom. The van der Waals surface area contributed by atoms with Crippen molar-refractivity contribution in [3.05, 3.63) is 107 Å². The molecule has 2 aliphatic rings. The number of nitrogens with one attached hydrogen (secondary N) is 2. The fraction of sp³-hybridized carbons (Fsp3) is 0.426. The van der Waals surface area contributed by atoms with E-state index in [1.54, 1.807) is 26.0 Å². The molecule has 0 aliphatic carbocycles. The third-order valence-corrected chi connectivity index (χ3v) is 18.0. The van der Waals surface area contributed by atoms with Crippen LogP contribution in [0, 0.1) is 26.2 Å². The molecule has 4 aromatic carbocycles. The number of unbranched alkanes of at least 4 members (excludes halogenated alkanes) is 3. The van der Waals surface area contributed by atoms with Crippen LogP contribution in [0.1, 0.15) is 108 Å². The number of terminal acetylenes is 1. The summed E-state index contributed by atoms with van der Waals surface area (Å²) in [6.07, 6.45) is 18.3. The molecule has 2 aliphatic heterocycles. The highest BCUT2D eigenvalue weighted by molar-refractivity contribution is 7.86. The lowest BCUT2D eigenvalue weighted by atomic mass is 9.75. The summed E-state index contributed by atoms with van der Waals surface area (Å²) in [5.41, 5.74) is 4.21. The number of rotatable bonds is 24. The van der Waals surface area contributed by atoms with Gasteiger partial charge in [-0.1, -0.05) is 49.1 Å². The van der Waals surface area contributed by atoms with E-state index in [0.29, 0.717) is 78.0 Å². The zero-order chi connectivity index (χ0) is 56.2. The molecule has 6 rings (SSSR count). The Morgan fingerprint density at radius 3 is 2.05 bits per heavy atom. The van der Waals surface area contributed by atoms with Crippen LogP contribution in [0.4, 0.5) is 11.4 Å². The van der Waals surface area contributed by atoms with Gasteiger partial charge in [0.25, 0.3) is 40.5 Å². The first kappa shape index (κ1) is 59.5. The van der Waals surface area contributed by atoms with Gasteiger partial charge >= 0.3 is 0 Å². The quantitative estimate of drug-likeness (QED) is 0.0128. The van der Waals surface area contributed by atoms with Crippen LogP contribution in [0.2, 0.25) is 0 Å². The summed E-state index contributed by atoms with van der Waals surface area (Å²) in [5, 5.41) is 6.34. The second kappa shape index (κ2) is 23.5. The van der Waals surface area contributed by atoms with E-state index >= 15 is 0 Å². The fourth-order valence-electron chi connectivity index (χ4n) is 10.6. The Bertz CT molecular complexity index is 3600. The number of amides is 2. The number of carbonyl (C=O) groups is 2. The van der Waals surface area contributed by atoms with Gasteiger partial charge in [-0.2, -0.15) is 38.2 Å². The second-order valence-corrected chi connectivity index (χ2v) is 26.5. The van der Waals surface area contributed by atoms with E-state index < -0.39 is 62.3 Å². The first-order valence-electron chi connectivity index (χ1n) is 24.9. The zero-order valence-corrected chi connectivity index (χ0v) is 46.7. The summed E-state index contributed by atoms with van der Waals surface area (Å²) in [4.78, 5) is 26.6. The van der Waals surface area contributed by atoms with Crippen LogP contribution in [0.5, 0.6) is 0 Å². The van der Waals surface area contributed by atoms with Gasteiger partial charge in [0.05, 0.1) is 22.6 Å². The number of allylic oxidation sites excluding steroid dienone is 6. The van der Waals surface area contributed by atoms with Crippen molar-refractivity contribution in [1.82, 2.24) is 10.6 Å². The number of hydrogen-bond donors (Lipinski definition) is 6. The molecule has 6 N–H and O–H groups in total. The maximum Gasteiger partial charge on any atom is 0.295 e. The molecule has 410 valence electrons. The Morgan fingerprint density at radius 1 is 0.750 bits per heavy atom. The molecule has 0 spiro atoms. The molecule has 0 bridgehead atoms. The molecule has 18 nitrogen and oxygen atoms in total. The van der Waals surface area contributed by atoms with Crippen molar-refractivity contribution in [2.45, 2.75) is 125 Å². The molecular weight excluding hydrogens is 1060 g/mol. The first-order valence-corrected chi connectivity index (χ1v) is 30.9. The highest BCUT2D eigenvalue weighted by atomic mass is 32.2. The summed E-state index contributed by atoms with van der Waals surface area (Å²) in [6.45, 7) is 11.2. The van der Waals surface area contributed by atoms with Crippen molar-refractivity contribution in [2.75, 3.05) is 36.8 Å². The van der Waals surface area contributed by atoms with E-state index in [9.17, 15) is 61.5 Å². The van der Waals surface area contributed by atoms with E-state index in [1.165, 1.54) is 25.1 Å². The molecule has 0 saturated heterocycles. The molecular formula is C54H67N4O14S4+. The highest BCUT2D eigenvalue weighted by Crippen LogP contribution is 2.54. The van der Waals surface area contributed by atoms with Gasteiger partial charge in [-0.05, 0) is 136 Å². The van der Waals surface area contributed by atoms with Crippen LogP contribution in [0.3, 0.4) is 0 Å². The molecule has 0 fully saturated rings. The lowest BCUT2D eigenvalue weighted by molar-refractivity contribution is -0.438. The number of carbonyl (C=O) groups excluding carboxylic acids is 2. The van der Waals surface area contributed by atoms with E-state index in [-0.39, 0.29) is 60.5 Å². The van der Waals surface area contributed by atoms with Gasteiger partial charge < -0.3 is 15.5 Å². The number of aryl methyl sites for hydroxylation is 2. The lowest BCUT2D eigenvalue weighted by Crippen LogP contribution is -2.34. The smallest absolute Gasteiger partial charge is 0.295 e. The first-order chi connectivity index (χ1) is 35.4. The standard InChI is InChI=1S/C54H66N4O14S4/c1-8-27-55-49(59)20-13-10-15-26-54(7)48(58(29-17-30-73(61,62)63)45-25-23-41-42(52(45)54)31-36(2)32-46(41)76(70,71)72)19-12-9-11-18-47-53(5,6)51-43-34-39(75(67,68)69)33-37(3)40(43)22-24-44(51)57(47)28-16-14-21-50(60)56-35-38(4)74(64,65)66/h1,9,11-12,18-19,22-25,31-34,38H,10,13-17,20-21,26-30,35H2,2-7H3,(H5-,55,56,59,60,61,62,63,64,65,66,67,68,69,70,71,72)/p+1. The second-order valence-electron chi connectivity index (χ2n) is 20.3. The van der Waals surface area contributed by atoms with Gasteiger partial charge in [0.2, 0.25) is 17.5 Å². The van der Waals surface area contributed by atoms with Crippen molar-refractivity contribution < 1.29 is 66.0 Å². The molecule has 2 amide bonds. The zero-order valence-electron chi connectivity index (χ0n) is 43.5. The molecule has 4 aromatic rings. The Balaban J connectivity index is 1.42. The van der Waals surface area contributed by atoms with Gasteiger partial charge in [0, 0.05) is 72.2 Å². The Labute approximate surface area is 446 Å². The van der Waals surface area contributed by atoms with Gasteiger partial charge in [-0.3, -0.25) is 27.8 Å².